The lowest BCUT2D eigenvalue weighted by molar-refractivity contribution is 0.245. The van der Waals surface area contributed by atoms with Gasteiger partial charge in [-0.25, -0.2) is 0 Å². The maximum Gasteiger partial charge on any atom is 0.178 e. The van der Waals surface area contributed by atoms with Gasteiger partial charge in [-0.1, -0.05) is 0 Å². The summed E-state index contributed by atoms with van der Waals surface area (Å²) in [5.74, 6) is 0.627. The number of nitriles is 1. The van der Waals surface area contributed by atoms with Crippen LogP contribution in [-0.4, -0.2) is 37.2 Å². The molecule has 2 heterocycles. The largest absolute Gasteiger partial charge is 0.486 e. The molecule has 0 bridgehead atoms. The third kappa shape index (κ3) is 3.17. The van der Waals surface area contributed by atoms with Crippen LogP contribution in [0.5, 0.6) is 5.75 Å². The highest BCUT2D eigenvalue weighted by Gasteiger charge is 2.23. The topological polar surface area (TPSA) is 74.3 Å². The van der Waals surface area contributed by atoms with Crippen LogP contribution in [0.1, 0.15) is 31.6 Å². The molecule has 1 atom stereocenters. The molecule has 1 saturated heterocycles. The van der Waals surface area contributed by atoms with E-state index in [0.717, 1.165) is 18.1 Å². The van der Waals surface area contributed by atoms with Gasteiger partial charge in [-0.2, -0.15) is 5.26 Å². The monoisotopic (exact) mass is 294 g/mol. The minimum absolute atomic E-state index is 0.0353. The van der Waals surface area contributed by atoms with Gasteiger partial charge >= 0.3 is 0 Å². The van der Waals surface area contributed by atoms with Crippen molar-refractivity contribution in [1.29, 1.82) is 5.26 Å². The van der Waals surface area contributed by atoms with Gasteiger partial charge in [0.05, 0.1) is 6.10 Å². The van der Waals surface area contributed by atoms with Gasteiger partial charge in [0.2, 0.25) is 0 Å². The first-order chi connectivity index (χ1) is 9.52. The van der Waals surface area contributed by atoms with Gasteiger partial charge in [0, 0.05) is 12.6 Å². The van der Waals surface area contributed by atoms with Gasteiger partial charge in [0.25, 0.3) is 0 Å². The molecule has 1 aromatic rings. The number of hydrogen-bond acceptors (Lipinski definition) is 6. The zero-order valence-corrected chi connectivity index (χ0v) is 13.1. The first kappa shape index (κ1) is 14.9. The van der Waals surface area contributed by atoms with E-state index in [1.54, 1.807) is 0 Å². The second-order valence-corrected chi connectivity index (χ2v) is 6.46. The lowest BCUT2D eigenvalue weighted by atomic mass is 10.2. The van der Waals surface area contributed by atoms with E-state index in [1.165, 1.54) is 24.2 Å². The number of nitrogens with zero attached hydrogens (tertiary/aromatic N) is 2. The standard InChI is InChI=1S/C14H22N4OS/c1-9(2)19-13-12(16)11(7-15)20-14(13)17-8-10-5-4-6-18(10)3/h9-10,17H,4-6,8,16H2,1-3H3. The number of nitrogen functional groups attached to an aromatic ring is 1. The second kappa shape index (κ2) is 6.33. The Bertz CT molecular complexity index is 506. The van der Waals surface area contributed by atoms with Crippen LogP contribution < -0.4 is 15.8 Å². The molecule has 0 aliphatic carbocycles. The minimum atomic E-state index is 0.0353. The molecule has 110 valence electrons. The van der Waals surface area contributed by atoms with Crippen LogP contribution in [-0.2, 0) is 0 Å². The summed E-state index contributed by atoms with van der Waals surface area (Å²) in [7, 11) is 2.15. The van der Waals surface area contributed by atoms with Crippen LogP contribution in [0, 0.1) is 11.3 Å². The summed E-state index contributed by atoms with van der Waals surface area (Å²) < 4.78 is 5.76. The predicted octanol–water partition coefficient (Wildman–Crippen LogP) is 2.50. The smallest absolute Gasteiger partial charge is 0.178 e. The Kier molecular flexibility index (Phi) is 4.73. The second-order valence-electron chi connectivity index (χ2n) is 5.44. The molecule has 1 aromatic heterocycles. The number of hydrogen-bond donors (Lipinski definition) is 2. The fraction of sp³-hybridized carbons (Fsp3) is 0.643. The average molecular weight is 294 g/mol. The van der Waals surface area contributed by atoms with E-state index in [4.69, 9.17) is 15.7 Å². The van der Waals surface area contributed by atoms with Crippen molar-refractivity contribution >= 4 is 22.0 Å². The highest BCUT2D eigenvalue weighted by molar-refractivity contribution is 7.17. The van der Waals surface area contributed by atoms with E-state index in [1.807, 2.05) is 13.8 Å². The minimum Gasteiger partial charge on any atom is -0.486 e. The van der Waals surface area contributed by atoms with Crippen molar-refractivity contribution in [1.82, 2.24) is 4.90 Å². The summed E-state index contributed by atoms with van der Waals surface area (Å²) >= 11 is 1.37. The van der Waals surface area contributed by atoms with Crippen molar-refractivity contribution in [3.63, 3.8) is 0 Å². The van der Waals surface area contributed by atoms with Gasteiger partial charge in [0.1, 0.15) is 21.6 Å². The molecule has 1 unspecified atom stereocenters. The summed E-state index contributed by atoms with van der Waals surface area (Å²) in [6.07, 6.45) is 2.48. The number of nitrogens with one attached hydrogen (secondary N) is 1. The summed E-state index contributed by atoms with van der Waals surface area (Å²) in [5.41, 5.74) is 6.44. The molecule has 2 rings (SSSR count). The Balaban J connectivity index is 2.11. The third-order valence-electron chi connectivity index (χ3n) is 3.52. The van der Waals surface area contributed by atoms with Gasteiger partial charge in [-0.05, 0) is 40.3 Å². The fourth-order valence-electron chi connectivity index (χ4n) is 2.43. The molecule has 0 spiro atoms. The van der Waals surface area contributed by atoms with Crippen molar-refractivity contribution in [2.24, 2.45) is 0 Å². The van der Waals surface area contributed by atoms with Crippen molar-refractivity contribution in [2.45, 2.75) is 38.8 Å². The molecule has 1 aliphatic heterocycles. The Morgan fingerprint density at radius 2 is 2.35 bits per heavy atom. The highest BCUT2D eigenvalue weighted by Crippen LogP contribution is 2.42. The molecule has 6 heteroatoms. The number of rotatable bonds is 5. The van der Waals surface area contributed by atoms with E-state index in [0.29, 0.717) is 22.4 Å². The molecule has 0 amide bonds. The van der Waals surface area contributed by atoms with E-state index in [9.17, 15) is 0 Å². The van der Waals surface area contributed by atoms with Gasteiger partial charge in [-0.3, -0.25) is 0 Å². The van der Waals surface area contributed by atoms with Crippen LogP contribution in [0.25, 0.3) is 0 Å². The lowest BCUT2D eigenvalue weighted by Gasteiger charge is -2.20. The van der Waals surface area contributed by atoms with Crippen molar-refractivity contribution < 1.29 is 4.74 Å². The molecule has 1 fully saturated rings. The molecule has 0 saturated carbocycles. The Hall–Kier alpha value is -1.45. The first-order valence-electron chi connectivity index (χ1n) is 6.96. The predicted molar refractivity (Wildman–Crippen MR) is 83.4 cm³/mol. The average Bonchev–Trinajstić information content (AvgIpc) is 2.93. The summed E-state index contributed by atoms with van der Waals surface area (Å²) in [4.78, 5) is 2.88. The number of nitrogens with two attached hydrogens (primary N) is 1. The molecule has 5 nitrogen and oxygen atoms in total. The zero-order valence-electron chi connectivity index (χ0n) is 12.3. The summed E-state index contributed by atoms with van der Waals surface area (Å²) in [5, 5.41) is 13.4. The van der Waals surface area contributed by atoms with Crippen molar-refractivity contribution in [3.8, 4) is 11.8 Å². The van der Waals surface area contributed by atoms with Crippen LogP contribution >= 0.6 is 11.3 Å². The Morgan fingerprint density at radius 1 is 1.60 bits per heavy atom. The quantitative estimate of drug-likeness (QED) is 0.872. The van der Waals surface area contributed by atoms with Crippen LogP contribution in [0.2, 0.25) is 0 Å². The van der Waals surface area contributed by atoms with Crippen LogP contribution in [0.4, 0.5) is 10.7 Å². The highest BCUT2D eigenvalue weighted by atomic mass is 32.1. The lowest BCUT2D eigenvalue weighted by Crippen LogP contribution is -2.31. The van der Waals surface area contributed by atoms with Crippen LogP contribution in [0.15, 0.2) is 0 Å². The molecular formula is C14H22N4OS. The van der Waals surface area contributed by atoms with Crippen molar-refractivity contribution in [2.75, 3.05) is 31.2 Å². The van der Waals surface area contributed by atoms with E-state index in [2.05, 4.69) is 23.3 Å². The number of ether oxygens (including phenoxy) is 1. The summed E-state index contributed by atoms with van der Waals surface area (Å²) in [6, 6.07) is 2.67. The fourth-order valence-corrected chi connectivity index (χ4v) is 3.29. The first-order valence-corrected chi connectivity index (χ1v) is 7.77. The molecule has 0 radical (unpaired) electrons. The molecule has 3 N–H and O–H groups in total. The SMILES string of the molecule is CC(C)Oc1c(NCC2CCCN2C)sc(C#N)c1N. The maximum absolute atomic E-state index is 9.10. The van der Waals surface area contributed by atoms with Crippen molar-refractivity contribution in [3.05, 3.63) is 4.88 Å². The Morgan fingerprint density at radius 3 is 2.90 bits per heavy atom. The summed E-state index contributed by atoms with van der Waals surface area (Å²) in [6.45, 7) is 5.92. The number of likely N-dealkylation sites (tertiary alicyclic amines) is 1. The van der Waals surface area contributed by atoms with E-state index >= 15 is 0 Å². The Labute approximate surface area is 124 Å². The maximum atomic E-state index is 9.10. The third-order valence-corrected chi connectivity index (χ3v) is 4.57. The molecular weight excluding hydrogens is 272 g/mol. The van der Waals surface area contributed by atoms with E-state index < -0.39 is 0 Å². The zero-order chi connectivity index (χ0) is 14.7. The molecule has 20 heavy (non-hydrogen) atoms. The molecule has 0 aromatic carbocycles. The van der Waals surface area contributed by atoms with Crippen LogP contribution in [0.3, 0.4) is 0 Å². The normalized spacial score (nSPS) is 19.2. The molecule has 1 aliphatic rings. The van der Waals surface area contributed by atoms with Gasteiger partial charge < -0.3 is 20.7 Å². The van der Waals surface area contributed by atoms with Gasteiger partial charge in [-0.15, -0.1) is 11.3 Å². The van der Waals surface area contributed by atoms with Gasteiger partial charge in [0.15, 0.2) is 5.75 Å². The number of likely N-dealkylation sites (N-methyl/N-ethyl adjacent to an activating group) is 1. The number of anilines is 2. The number of thiophene rings is 1. The van der Waals surface area contributed by atoms with E-state index in [-0.39, 0.29) is 6.10 Å².